The van der Waals surface area contributed by atoms with Crippen LogP contribution in [0.3, 0.4) is 0 Å². The predicted octanol–water partition coefficient (Wildman–Crippen LogP) is 1.95. The maximum absolute atomic E-state index is 12.5. The van der Waals surface area contributed by atoms with E-state index in [1.165, 1.54) is 0 Å². The lowest BCUT2D eigenvalue weighted by Gasteiger charge is -2.23. The molecule has 0 saturated carbocycles. The third kappa shape index (κ3) is 2.95. The van der Waals surface area contributed by atoms with Crippen LogP contribution in [-0.2, 0) is 4.74 Å². The highest BCUT2D eigenvalue weighted by molar-refractivity contribution is 6.00. The molecule has 1 aliphatic rings. The number of aryl methyl sites for hydroxylation is 1. The van der Waals surface area contributed by atoms with Gasteiger partial charge in [-0.15, -0.1) is 0 Å². The molecule has 1 amide bonds. The largest absolute Gasteiger partial charge is 0.379 e. The number of aromatic nitrogens is 2. The number of carbonyl (C=O) groups is 1. The van der Waals surface area contributed by atoms with Gasteiger partial charge in [-0.2, -0.15) is 0 Å². The first-order valence-corrected chi connectivity index (χ1v) is 7.01. The number of hydrogen-bond acceptors (Lipinski definition) is 5. The summed E-state index contributed by atoms with van der Waals surface area (Å²) in [6, 6.07) is 3.65. The molecule has 6 nitrogen and oxygen atoms in total. The average Bonchev–Trinajstić information content (AvgIpc) is 2.91. The molecule has 1 saturated heterocycles. The van der Waals surface area contributed by atoms with E-state index in [9.17, 15) is 4.79 Å². The summed E-state index contributed by atoms with van der Waals surface area (Å²) in [6.07, 6.45) is 5.22. The number of ether oxygens (including phenoxy) is 1. The van der Waals surface area contributed by atoms with Crippen LogP contribution in [0.2, 0.25) is 0 Å². The highest BCUT2D eigenvalue weighted by Gasteiger charge is 2.24. The van der Waals surface area contributed by atoms with Gasteiger partial charge in [0, 0.05) is 24.6 Å². The minimum absolute atomic E-state index is 0.0471. The predicted molar refractivity (Wildman–Crippen MR) is 75.8 cm³/mol. The molecule has 110 valence electrons. The summed E-state index contributed by atoms with van der Waals surface area (Å²) in [5.41, 5.74) is 1.84. The smallest absolute Gasteiger partial charge is 0.257 e. The first-order chi connectivity index (χ1) is 10.3. The minimum atomic E-state index is -0.170. The summed E-state index contributed by atoms with van der Waals surface area (Å²) in [7, 11) is 0. The topological polar surface area (TPSA) is 77.2 Å². The average molecular weight is 287 g/mol. The van der Waals surface area contributed by atoms with Gasteiger partial charge < -0.3 is 14.6 Å². The maximum Gasteiger partial charge on any atom is 0.257 e. The fraction of sp³-hybridized carbons (Fsp3) is 0.400. The minimum Gasteiger partial charge on any atom is -0.379 e. The van der Waals surface area contributed by atoms with E-state index in [4.69, 9.17) is 9.26 Å². The van der Waals surface area contributed by atoms with Crippen LogP contribution >= 0.6 is 0 Å². The van der Waals surface area contributed by atoms with Crippen molar-refractivity contribution in [1.29, 1.82) is 0 Å². The second-order valence-corrected chi connectivity index (χ2v) is 5.09. The number of hydrogen-bond donors (Lipinski definition) is 1. The van der Waals surface area contributed by atoms with Crippen molar-refractivity contribution in [1.82, 2.24) is 15.5 Å². The number of carbonyl (C=O) groups excluding carboxylic acids is 1. The summed E-state index contributed by atoms with van der Waals surface area (Å²) >= 11 is 0. The van der Waals surface area contributed by atoms with Crippen molar-refractivity contribution in [3.05, 3.63) is 35.9 Å². The Morgan fingerprint density at radius 3 is 2.90 bits per heavy atom. The molecule has 0 bridgehead atoms. The Balaban J connectivity index is 1.84. The molecule has 0 radical (unpaired) electrons. The SMILES string of the molecule is Cc1onc(-c2ccncc2)c1C(=O)N[C@@H]1CCCOC1. The van der Waals surface area contributed by atoms with Gasteiger partial charge >= 0.3 is 0 Å². The Hall–Kier alpha value is -2.21. The summed E-state index contributed by atoms with van der Waals surface area (Å²) in [5.74, 6) is 0.340. The van der Waals surface area contributed by atoms with Gasteiger partial charge in [0.1, 0.15) is 17.0 Å². The van der Waals surface area contributed by atoms with Crippen LogP contribution in [0.5, 0.6) is 0 Å². The zero-order valence-corrected chi connectivity index (χ0v) is 11.8. The van der Waals surface area contributed by atoms with E-state index in [0.29, 0.717) is 23.6 Å². The molecule has 1 aliphatic heterocycles. The number of pyridine rings is 1. The fourth-order valence-electron chi connectivity index (χ4n) is 2.46. The van der Waals surface area contributed by atoms with Gasteiger partial charge in [-0.3, -0.25) is 9.78 Å². The first-order valence-electron chi connectivity index (χ1n) is 7.01. The van der Waals surface area contributed by atoms with Crippen LogP contribution in [0.15, 0.2) is 29.0 Å². The third-order valence-corrected chi connectivity index (χ3v) is 3.54. The molecule has 2 aromatic heterocycles. The second-order valence-electron chi connectivity index (χ2n) is 5.09. The lowest BCUT2D eigenvalue weighted by molar-refractivity contribution is 0.0623. The molecule has 0 aromatic carbocycles. The molecule has 21 heavy (non-hydrogen) atoms. The molecule has 3 heterocycles. The Bertz CT molecular complexity index is 618. The van der Waals surface area contributed by atoms with Crippen molar-refractivity contribution in [3.63, 3.8) is 0 Å². The number of nitrogens with zero attached hydrogens (tertiary/aromatic N) is 2. The molecule has 1 atom stereocenters. The van der Waals surface area contributed by atoms with Crippen molar-refractivity contribution < 1.29 is 14.1 Å². The van der Waals surface area contributed by atoms with Crippen molar-refractivity contribution in [2.24, 2.45) is 0 Å². The Kier molecular flexibility index (Phi) is 3.96. The van der Waals surface area contributed by atoms with Crippen LogP contribution in [0, 0.1) is 6.92 Å². The maximum atomic E-state index is 12.5. The van der Waals surface area contributed by atoms with E-state index in [-0.39, 0.29) is 11.9 Å². The molecule has 0 spiro atoms. The van der Waals surface area contributed by atoms with E-state index in [1.807, 2.05) is 0 Å². The van der Waals surface area contributed by atoms with Gasteiger partial charge in [0.15, 0.2) is 0 Å². The van der Waals surface area contributed by atoms with Crippen molar-refractivity contribution >= 4 is 5.91 Å². The number of nitrogens with one attached hydrogen (secondary N) is 1. The summed E-state index contributed by atoms with van der Waals surface area (Å²) in [4.78, 5) is 16.5. The molecule has 0 unspecified atom stereocenters. The van der Waals surface area contributed by atoms with Crippen molar-refractivity contribution in [2.75, 3.05) is 13.2 Å². The molecule has 1 fully saturated rings. The monoisotopic (exact) mass is 287 g/mol. The van der Waals surface area contributed by atoms with Crippen LogP contribution in [0.4, 0.5) is 0 Å². The standard InChI is InChI=1S/C15H17N3O3/c1-10-13(15(19)17-12-3-2-8-20-9-12)14(18-21-10)11-4-6-16-7-5-11/h4-7,12H,2-3,8-9H2,1H3,(H,17,19)/t12-/m1/s1. The van der Waals surface area contributed by atoms with Gasteiger partial charge in [-0.05, 0) is 31.9 Å². The molecule has 2 aromatic rings. The summed E-state index contributed by atoms with van der Waals surface area (Å²) in [6.45, 7) is 3.06. The number of amides is 1. The molecule has 6 heteroatoms. The normalized spacial score (nSPS) is 18.4. The first kappa shape index (κ1) is 13.8. The van der Waals surface area contributed by atoms with E-state index in [2.05, 4.69) is 15.5 Å². The highest BCUT2D eigenvalue weighted by atomic mass is 16.5. The highest BCUT2D eigenvalue weighted by Crippen LogP contribution is 2.24. The van der Waals surface area contributed by atoms with E-state index >= 15 is 0 Å². The van der Waals surface area contributed by atoms with Crippen LogP contribution in [0.25, 0.3) is 11.3 Å². The van der Waals surface area contributed by atoms with Gasteiger partial charge in [0.2, 0.25) is 0 Å². The van der Waals surface area contributed by atoms with Crippen LogP contribution in [0.1, 0.15) is 29.0 Å². The van der Waals surface area contributed by atoms with Gasteiger partial charge in [0.25, 0.3) is 5.91 Å². The van der Waals surface area contributed by atoms with E-state index < -0.39 is 0 Å². The van der Waals surface area contributed by atoms with E-state index in [0.717, 1.165) is 25.0 Å². The van der Waals surface area contributed by atoms with Gasteiger partial charge in [0.05, 0.1) is 12.6 Å². The van der Waals surface area contributed by atoms with Crippen molar-refractivity contribution in [2.45, 2.75) is 25.8 Å². The fourth-order valence-corrected chi connectivity index (χ4v) is 2.46. The molecule has 0 aliphatic carbocycles. The lowest BCUT2D eigenvalue weighted by atomic mass is 10.1. The second kappa shape index (κ2) is 6.05. The van der Waals surface area contributed by atoms with Crippen LogP contribution < -0.4 is 5.32 Å². The Labute approximate surface area is 122 Å². The zero-order chi connectivity index (χ0) is 14.7. The summed E-state index contributed by atoms with van der Waals surface area (Å²) < 4.78 is 10.6. The Morgan fingerprint density at radius 1 is 1.38 bits per heavy atom. The van der Waals surface area contributed by atoms with Gasteiger partial charge in [-0.1, -0.05) is 5.16 Å². The molecule has 1 N–H and O–H groups in total. The quantitative estimate of drug-likeness (QED) is 0.933. The molecular formula is C15H17N3O3. The molecular weight excluding hydrogens is 270 g/mol. The van der Waals surface area contributed by atoms with Crippen molar-refractivity contribution in [3.8, 4) is 11.3 Å². The Morgan fingerprint density at radius 2 is 2.19 bits per heavy atom. The summed E-state index contributed by atoms with van der Waals surface area (Å²) in [5, 5.41) is 7.00. The van der Waals surface area contributed by atoms with Gasteiger partial charge in [-0.25, -0.2) is 0 Å². The zero-order valence-electron chi connectivity index (χ0n) is 11.8. The third-order valence-electron chi connectivity index (χ3n) is 3.54. The van der Waals surface area contributed by atoms with E-state index in [1.54, 1.807) is 31.5 Å². The number of rotatable bonds is 3. The van der Waals surface area contributed by atoms with Crippen LogP contribution in [-0.4, -0.2) is 35.3 Å². The lowest BCUT2D eigenvalue weighted by Crippen LogP contribution is -2.40. The molecule has 3 rings (SSSR count).